The molecule has 2 amide bonds. The van der Waals surface area contributed by atoms with Crippen LogP contribution in [0.2, 0.25) is 0 Å². The van der Waals surface area contributed by atoms with E-state index < -0.39 is 12.7 Å². The number of amides is 2. The molecule has 0 aromatic carbocycles. The molecule has 7 nitrogen and oxygen atoms in total. The zero-order chi connectivity index (χ0) is 14.5. The van der Waals surface area contributed by atoms with E-state index >= 15 is 0 Å². The minimum atomic E-state index is -0.508. The topological polar surface area (TPSA) is 84.7 Å². The molecule has 20 heavy (non-hydrogen) atoms. The standard InChI is InChI=1S/C12H15FN6O/c1-8-5-11(18-17-9(8)2)16-12(20)15-10-6-14-19(7-10)4-3-13/h5-7H,3-4H2,1-2H3,(H2,15,16,18,20). The third-order valence-electron chi connectivity index (χ3n) is 2.68. The second-order valence-electron chi connectivity index (χ2n) is 4.26. The molecule has 0 atom stereocenters. The molecule has 0 spiro atoms. The van der Waals surface area contributed by atoms with Gasteiger partial charge in [0.2, 0.25) is 0 Å². The number of alkyl halides is 1. The number of carbonyl (C=O) groups excluding carboxylic acids is 1. The Balaban J connectivity index is 1.95. The van der Waals surface area contributed by atoms with Crippen LogP contribution in [0.25, 0.3) is 0 Å². The van der Waals surface area contributed by atoms with Crippen molar-refractivity contribution in [3.63, 3.8) is 0 Å². The first kappa shape index (κ1) is 13.9. The van der Waals surface area contributed by atoms with E-state index in [1.807, 2.05) is 13.8 Å². The third-order valence-corrected chi connectivity index (χ3v) is 2.68. The van der Waals surface area contributed by atoms with Crippen molar-refractivity contribution in [3.05, 3.63) is 29.7 Å². The van der Waals surface area contributed by atoms with Gasteiger partial charge in [0.1, 0.15) is 6.67 Å². The Morgan fingerprint density at radius 2 is 2.15 bits per heavy atom. The van der Waals surface area contributed by atoms with Crippen LogP contribution in [0.1, 0.15) is 11.3 Å². The SMILES string of the molecule is Cc1cc(NC(=O)Nc2cnn(CCF)c2)nnc1C. The molecule has 0 aliphatic heterocycles. The van der Waals surface area contributed by atoms with Crippen LogP contribution in [0.4, 0.5) is 20.7 Å². The van der Waals surface area contributed by atoms with Crippen LogP contribution in [0.5, 0.6) is 0 Å². The lowest BCUT2D eigenvalue weighted by atomic mass is 10.2. The Morgan fingerprint density at radius 1 is 1.35 bits per heavy atom. The van der Waals surface area contributed by atoms with E-state index in [2.05, 4.69) is 25.9 Å². The molecule has 106 valence electrons. The van der Waals surface area contributed by atoms with Gasteiger partial charge in [-0.25, -0.2) is 9.18 Å². The maximum atomic E-state index is 12.1. The summed E-state index contributed by atoms with van der Waals surface area (Å²) in [5, 5.41) is 16.8. The zero-order valence-electron chi connectivity index (χ0n) is 11.2. The number of nitrogens with zero attached hydrogens (tertiary/aromatic N) is 4. The molecule has 2 rings (SSSR count). The van der Waals surface area contributed by atoms with Crippen molar-refractivity contribution < 1.29 is 9.18 Å². The smallest absolute Gasteiger partial charge is 0.305 e. The van der Waals surface area contributed by atoms with E-state index in [0.29, 0.717) is 11.5 Å². The monoisotopic (exact) mass is 278 g/mol. The highest BCUT2D eigenvalue weighted by Crippen LogP contribution is 2.09. The first-order valence-corrected chi connectivity index (χ1v) is 6.06. The Hall–Kier alpha value is -2.51. The predicted octanol–water partition coefficient (Wildman–Crippen LogP) is 1.90. The lowest BCUT2D eigenvalue weighted by Gasteiger charge is -2.06. The number of rotatable bonds is 4. The van der Waals surface area contributed by atoms with E-state index in [9.17, 15) is 9.18 Å². The summed E-state index contributed by atoms with van der Waals surface area (Å²) >= 11 is 0. The zero-order valence-corrected chi connectivity index (χ0v) is 11.2. The van der Waals surface area contributed by atoms with E-state index in [1.165, 1.54) is 10.9 Å². The van der Waals surface area contributed by atoms with Crippen LogP contribution in [0.3, 0.4) is 0 Å². The molecule has 0 saturated heterocycles. The number of halogens is 1. The van der Waals surface area contributed by atoms with Gasteiger partial charge in [0, 0.05) is 6.20 Å². The molecule has 2 heterocycles. The summed E-state index contributed by atoms with van der Waals surface area (Å²) in [5.41, 5.74) is 2.22. The molecule has 0 radical (unpaired) electrons. The van der Waals surface area contributed by atoms with Gasteiger partial charge in [-0.3, -0.25) is 10.00 Å². The number of hydrogen-bond donors (Lipinski definition) is 2. The molecule has 2 aromatic heterocycles. The second-order valence-corrected chi connectivity index (χ2v) is 4.26. The summed E-state index contributed by atoms with van der Waals surface area (Å²) in [4.78, 5) is 11.7. The third kappa shape index (κ3) is 3.50. The first-order valence-electron chi connectivity index (χ1n) is 6.06. The van der Waals surface area contributed by atoms with Crippen LogP contribution in [0, 0.1) is 13.8 Å². The van der Waals surface area contributed by atoms with Gasteiger partial charge in [0.25, 0.3) is 0 Å². The molecule has 8 heteroatoms. The normalized spacial score (nSPS) is 10.3. The van der Waals surface area contributed by atoms with Gasteiger partial charge < -0.3 is 5.32 Å². The highest BCUT2D eigenvalue weighted by Gasteiger charge is 2.07. The molecule has 0 fully saturated rings. The van der Waals surface area contributed by atoms with Gasteiger partial charge in [0.15, 0.2) is 5.82 Å². The van der Waals surface area contributed by atoms with Gasteiger partial charge in [-0.05, 0) is 25.5 Å². The number of nitrogens with one attached hydrogen (secondary N) is 2. The van der Waals surface area contributed by atoms with Crippen LogP contribution in [-0.2, 0) is 6.54 Å². The lowest BCUT2D eigenvalue weighted by Crippen LogP contribution is -2.20. The quantitative estimate of drug-likeness (QED) is 0.894. The highest BCUT2D eigenvalue weighted by atomic mass is 19.1. The minimum absolute atomic E-state index is 0.159. The lowest BCUT2D eigenvalue weighted by molar-refractivity contribution is 0.262. The predicted molar refractivity (Wildman–Crippen MR) is 72.3 cm³/mol. The highest BCUT2D eigenvalue weighted by molar-refractivity contribution is 5.98. The molecule has 2 aromatic rings. The number of aryl methyl sites for hydroxylation is 3. The van der Waals surface area contributed by atoms with Gasteiger partial charge in [0.05, 0.1) is 24.1 Å². The first-order chi connectivity index (χ1) is 9.58. The second kappa shape index (κ2) is 6.09. The molecule has 0 unspecified atom stereocenters. The van der Waals surface area contributed by atoms with Gasteiger partial charge in [-0.15, -0.1) is 5.10 Å². The van der Waals surface area contributed by atoms with Crippen LogP contribution in [-0.4, -0.2) is 32.7 Å². The summed E-state index contributed by atoms with van der Waals surface area (Å²) < 4.78 is 13.5. The average molecular weight is 278 g/mol. The maximum absolute atomic E-state index is 12.1. The van der Waals surface area contributed by atoms with Crippen LogP contribution < -0.4 is 10.6 Å². The molecule has 0 aliphatic rings. The number of urea groups is 1. The average Bonchev–Trinajstić information content (AvgIpc) is 2.81. The molecular formula is C12H15FN6O. The molecule has 2 N–H and O–H groups in total. The Morgan fingerprint density at radius 3 is 2.85 bits per heavy atom. The minimum Gasteiger partial charge on any atom is -0.305 e. The number of anilines is 2. The molecule has 0 saturated carbocycles. The Labute approximate surface area is 115 Å². The number of aromatic nitrogens is 4. The van der Waals surface area contributed by atoms with E-state index in [-0.39, 0.29) is 6.54 Å². The fourth-order valence-corrected chi connectivity index (χ4v) is 1.52. The largest absolute Gasteiger partial charge is 0.324 e. The molecular weight excluding hydrogens is 263 g/mol. The van der Waals surface area contributed by atoms with E-state index in [0.717, 1.165) is 11.3 Å². The maximum Gasteiger partial charge on any atom is 0.324 e. The van der Waals surface area contributed by atoms with Crippen molar-refractivity contribution in [2.45, 2.75) is 20.4 Å². The fraction of sp³-hybridized carbons (Fsp3) is 0.333. The van der Waals surface area contributed by atoms with Crippen molar-refractivity contribution in [2.24, 2.45) is 0 Å². The van der Waals surface area contributed by atoms with E-state index in [4.69, 9.17) is 0 Å². The van der Waals surface area contributed by atoms with Crippen molar-refractivity contribution >= 4 is 17.5 Å². The van der Waals surface area contributed by atoms with Crippen LogP contribution >= 0.6 is 0 Å². The summed E-state index contributed by atoms with van der Waals surface area (Å²) in [7, 11) is 0. The Bertz CT molecular complexity index is 612. The number of carbonyl (C=O) groups is 1. The van der Waals surface area contributed by atoms with Crippen molar-refractivity contribution in [2.75, 3.05) is 17.3 Å². The van der Waals surface area contributed by atoms with Crippen molar-refractivity contribution in [1.82, 2.24) is 20.0 Å². The Kier molecular flexibility index (Phi) is 4.24. The van der Waals surface area contributed by atoms with Crippen molar-refractivity contribution in [1.29, 1.82) is 0 Å². The van der Waals surface area contributed by atoms with Gasteiger partial charge in [-0.1, -0.05) is 0 Å². The number of hydrogen-bond acceptors (Lipinski definition) is 4. The fourth-order valence-electron chi connectivity index (χ4n) is 1.52. The van der Waals surface area contributed by atoms with E-state index in [1.54, 1.807) is 12.3 Å². The summed E-state index contributed by atoms with van der Waals surface area (Å²) in [6, 6.07) is 1.27. The molecule has 0 bridgehead atoms. The van der Waals surface area contributed by atoms with Crippen molar-refractivity contribution in [3.8, 4) is 0 Å². The summed E-state index contributed by atoms with van der Waals surface area (Å²) in [5.74, 6) is 0.363. The van der Waals surface area contributed by atoms with Crippen LogP contribution in [0.15, 0.2) is 18.5 Å². The van der Waals surface area contributed by atoms with Gasteiger partial charge in [-0.2, -0.15) is 10.2 Å². The summed E-state index contributed by atoms with van der Waals surface area (Å²) in [6.45, 7) is 3.37. The summed E-state index contributed by atoms with van der Waals surface area (Å²) in [6.07, 6.45) is 2.99. The van der Waals surface area contributed by atoms with Gasteiger partial charge >= 0.3 is 6.03 Å². The molecule has 0 aliphatic carbocycles.